The predicted molar refractivity (Wildman–Crippen MR) is 55.1 cm³/mol. The summed E-state index contributed by atoms with van der Waals surface area (Å²) >= 11 is 0. The van der Waals surface area contributed by atoms with Crippen LogP contribution in [0, 0.1) is 13.8 Å². The van der Waals surface area contributed by atoms with Crippen molar-refractivity contribution in [3.63, 3.8) is 0 Å². The summed E-state index contributed by atoms with van der Waals surface area (Å²) in [5.41, 5.74) is -1.17. The van der Waals surface area contributed by atoms with Gasteiger partial charge < -0.3 is 5.11 Å². The molecule has 0 bridgehead atoms. The van der Waals surface area contributed by atoms with Crippen LogP contribution in [0.3, 0.4) is 0 Å². The van der Waals surface area contributed by atoms with Crippen LogP contribution in [0.25, 0.3) is 0 Å². The van der Waals surface area contributed by atoms with Crippen molar-refractivity contribution in [2.24, 2.45) is 0 Å². The standard InChI is InChI=1S/C11H12F3NO2/c1-4-7-8(10(16)17)5(2)6(3)9(15-7)11(12,13)14/h4H2,1-3H3,(H,16,17). The number of nitrogens with zero attached hydrogens (tertiary/aromatic N) is 1. The molecule has 0 aromatic carbocycles. The van der Waals surface area contributed by atoms with Gasteiger partial charge in [0.05, 0.1) is 11.3 Å². The first-order valence-electron chi connectivity index (χ1n) is 5.00. The maximum atomic E-state index is 12.7. The summed E-state index contributed by atoms with van der Waals surface area (Å²) in [4.78, 5) is 14.4. The molecule has 1 aromatic rings. The number of aromatic carboxylic acids is 1. The summed E-state index contributed by atoms with van der Waals surface area (Å²) in [5.74, 6) is -1.25. The molecule has 0 radical (unpaired) electrons. The fraction of sp³-hybridized carbons (Fsp3) is 0.455. The van der Waals surface area contributed by atoms with Gasteiger partial charge in [-0.2, -0.15) is 13.2 Å². The zero-order chi connectivity index (χ0) is 13.4. The molecule has 1 aromatic heterocycles. The van der Waals surface area contributed by atoms with Crippen molar-refractivity contribution in [2.45, 2.75) is 33.4 Å². The van der Waals surface area contributed by atoms with E-state index in [0.29, 0.717) is 0 Å². The Morgan fingerprint density at radius 3 is 2.18 bits per heavy atom. The van der Waals surface area contributed by atoms with Gasteiger partial charge in [0.25, 0.3) is 0 Å². The van der Waals surface area contributed by atoms with E-state index in [1.165, 1.54) is 13.8 Å². The van der Waals surface area contributed by atoms with Crippen molar-refractivity contribution >= 4 is 5.97 Å². The minimum atomic E-state index is -4.56. The molecule has 0 fully saturated rings. The number of carboxylic acids is 1. The molecule has 0 spiro atoms. The molecule has 0 saturated heterocycles. The van der Waals surface area contributed by atoms with Crippen molar-refractivity contribution in [1.29, 1.82) is 0 Å². The first-order chi connectivity index (χ1) is 7.70. The van der Waals surface area contributed by atoms with Gasteiger partial charge in [0.1, 0.15) is 5.69 Å². The number of halogens is 3. The normalized spacial score (nSPS) is 11.6. The fourth-order valence-electron chi connectivity index (χ4n) is 1.67. The minimum absolute atomic E-state index is 0.0343. The van der Waals surface area contributed by atoms with Crippen molar-refractivity contribution < 1.29 is 23.1 Å². The van der Waals surface area contributed by atoms with Crippen LogP contribution >= 0.6 is 0 Å². The Kier molecular flexibility index (Phi) is 3.45. The molecule has 1 rings (SSSR count). The van der Waals surface area contributed by atoms with E-state index in [4.69, 9.17) is 5.11 Å². The Labute approximate surface area is 96.3 Å². The van der Waals surface area contributed by atoms with Gasteiger partial charge in [0.15, 0.2) is 0 Å². The van der Waals surface area contributed by atoms with Crippen LogP contribution < -0.4 is 0 Å². The van der Waals surface area contributed by atoms with Gasteiger partial charge in [-0.1, -0.05) is 6.92 Å². The lowest BCUT2D eigenvalue weighted by Gasteiger charge is -2.16. The molecule has 3 nitrogen and oxygen atoms in total. The third-order valence-corrected chi connectivity index (χ3v) is 2.65. The van der Waals surface area contributed by atoms with Gasteiger partial charge in [-0.25, -0.2) is 9.78 Å². The van der Waals surface area contributed by atoms with E-state index in [1.54, 1.807) is 6.92 Å². The van der Waals surface area contributed by atoms with Crippen LogP contribution in [0.4, 0.5) is 13.2 Å². The largest absolute Gasteiger partial charge is 0.478 e. The lowest BCUT2D eigenvalue weighted by atomic mass is 9.99. The van der Waals surface area contributed by atoms with E-state index in [0.717, 1.165) is 0 Å². The number of aryl methyl sites for hydroxylation is 1. The second kappa shape index (κ2) is 4.35. The molecule has 0 aliphatic heterocycles. The average Bonchev–Trinajstić information content (AvgIpc) is 2.19. The van der Waals surface area contributed by atoms with Crippen LogP contribution in [-0.4, -0.2) is 16.1 Å². The number of alkyl halides is 3. The van der Waals surface area contributed by atoms with Crippen LogP contribution in [0.2, 0.25) is 0 Å². The number of rotatable bonds is 2. The van der Waals surface area contributed by atoms with Gasteiger partial charge in [0, 0.05) is 0 Å². The van der Waals surface area contributed by atoms with Crippen molar-refractivity contribution in [1.82, 2.24) is 4.98 Å². The molecule has 6 heteroatoms. The van der Waals surface area contributed by atoms with Gasteiger partial charge in [0.2, 0.25) is 0 Å². The lowest BCUT2D eigenvalue weighted by molar-refractivity contribution is -0.141. The van der Waals surface area contributed by atoms with Crippen LogP contribution in [0.5, 0.6) is 0 Å². The number of hydrogen-bond donors (Lipinski definition) is 1. The van der Waals surface area contributed by atoms with Gasteiger partial charge in [-0.05, 0) is 31.4 Å². The number of carboxylic acid groups (broad SMARTS) is 1. The second-order valence-corrected chi connectivity index (χ2v) is 3.69. The van der Waals surface area contributed by atoms with Crippen LogP contribution in [0.1, 0.15) is 39.8 Å². The quantitative estimate of drug-likeness (QED) is 0.874. The van der Waals surface area contributed by atoms with Crippen LogP contribution in [0.15, 0.2) is 0 Å². The number of carbonyl (C=O) groups is 1. The highest BCUT2D eigenvalue weighted by atomic mass is 19.4. The van der Waals surface area contributed by atoms with Crippen molar-refractivity contribution in [2.75, 3.05) is 0 Å². The molecule has 1 N–H and O–H groups in total. The summed E-state index contributed by atoms with van der Waals surface area (Å²) < 4.78 is 38.0. The zero-order valence-electron chi connectivity index (χ0n) is 9.64. The first kappa shape index (κ1) is 13.5. The Morgan fingerprint density at radius 1 is 1.29 bits per heavy atom. The van der Waals surface area contributed by atoms with E-state index >= 15 is 0 Å². The minimum Gasteiger partial charge on any atom is -0.478 e. The highest BCUT2D eigenvalue weighted by Gasteiger charge is 2.36. The Morgan fingerprint density at radius 2 is 1.82 bits per heavy atom. The summed E-state index contributed by atoms with van der Waals surface area (Å²) in [7, 11) is 0. The van der Waals surface area contributed by atoms with Gasteiger partial charge in [-0.3, -0.25) is 0 Å². The van der Waals surface area contributed by atoms with Crippen molar-refractivity contribution in [3.05, 3.63) is 28.1 Å². The summed E-state index contributed by atoms with van der Waals surface area (Å²) in [5, 5.41) is 8.97. The number of hydrogen-bond acceptors (Lipinski definition) is 2. The molecule has 1 heterocycles. The van der Waals surface area contributed by atoms with E-state index in [1.807, 2.05) is 0 Å². The second-order valence-electron chi connectivity index (χ2n) is 3.69. The van der Waals surface area contributed by atoms with Crippen LogP contribution in [-0.2, 0) is 12.6 Å². The van der Waals surface area contributed by atoms with Gasteiger partial charge >= 0.3 is 12.1 Å². The van der Waals surface area contributed by atoms with E-state index < -0.39 is 17.8 Å². The monoisotopic (exact) mass is 247 g/mol. The maximum Gasteiger partial charge on any atom is 0.433 e. The van der Waals surface area contributed by atoms with E-state index in [-0.39, 0.29) is 28.8 Å². The fourth-order valence-corrected chi connectivity index (χ4v) is 1.67. The smallest absolute Gasteiger partial charge is 0.433 e. The first-order valence-corrected chi connectivity index (χ1v) is 5.00. The third-order valence-electron chi connectivity index (χ3n) is 2.65. The predicted octanol–water partition coefficient (Wildman–Crippen LogP) is 2.98. The molecular formula is C11H12F3NO2. The highest BCUT2D eigenvalue weighted by molar-refractivity contribution is 5.91. The van der Waals surface area contributed by atoms with Crippen molar-refractivity contribution in [3.8, 4) is 0 Å². The molecule has 0 unspecified atom stereocenters. The number of pyridine rings is 1. The maximum absolute atomic E-state index is 12.7. The third kappa shape index (κ3) is 2.40. The Hall–Kier alpha value is -1.59. The molecule has 0 saturated carbocycles. The molecule has 0 aliphatic rings. The molecular weight excluding hydrogens is 235 g/mol. The molecule has 0 aliphatic carbocycles. The summed E-state index contributed by atoms with van der Waals surface area (Å²) in [6.07, 6.45) is -4.42. The lowest BCUT2D eigenvalue weighted by Crippen LogP contribution is -2.17. The summed E-state index contributed by atoms with van der Waals surface area (Å²) in [6.45, 7) is 4.18. The zero-order valence-corrected chi connectivity index (χ0v) is 9.64. The molecule has 0 atom stereocenters. The van der Waals surface area contributed by atoms with Gasteiger partial charge in [-0.15, -0.1) is 0 Å². The Bertz CT molecular complexity index is 467. The summed E-state index contributed by atoms with van der Waals surface area (Å²) in [6, 6.07) is 0. The SMILES string of the molecule is CCc1nc(C(F)(F)F)c(C)c(C)c1C(=O)O. The number of aromatic nitrogens is 1. The molecule has 17 heavy (non-hydrogen) atoms. The van der Waals surface area contributed by atoms with E-state index in [2.05, 4.69) is 4.98 Å². The highest BCUT2D eigenvalue weighted by Crippen LogP contribution is 2.33. The topological polar surface area (TPSA) is 50.2 Å². The molecule has 0 amide bonds. The Balaban J connectivity index is 3.63. The van der Waals surface area contributed by atoms with E-state index in [9.17, 15) is 18.0 Å². The average molecular weight is 247 g/mol. The molecule has 94 valence electrons.